The number of hydrogen-bond donors (Lipinski definition) is 0. The highest BCUT2D eigenvalue weighted by Gasteiger charge is 2.53. The summed E-state index contributed by atoms with van der Waals surface area (Å²) in [6, 6.07) is 0. The lowest BCUT2D eigenvalue weighted by molar-refractivity contribution is -0.152. The lowest BCUT2D eigenvalue weighted by Gasteiger charge is -2.41. The Hall–Kier alpha value is -1.65. The van der Waals surface area contributed by atoms with Gasteiger partial charge in [0.15, 0.2) is 0 Å². The summed E-state index contributed by atoms with van der Waals surface area (Å²) in [5.74, 6) is -0.977. The average molecular weight is 309 g/mol. The van der Waals surface area contributed by atoms with Crippen molar-refractivity contribution in [2.45, 2.75) is 53.4 Å². The maximum atomic E-state index is 12.7. The lowest BCUT2D eigenvalue weighted by Crippen LogP contribution is -2.49. The van der Waals surface area contributed by atoms with E-state index in [9.17, 15) is 9.59 Å². The molecule has 0 N–H and O–H groups in total. The molecule has 0 bridgehead atoms. The van der Waals surface area contributed by atoms with E-state index in [0.717, 1.165) is 18.6 Å². The normalized spacial score (nSPS) is 24.8. The van der Waals surface area contributed by atoms with E-state index in [1.807, 2.05) is 20.8 Å². The average Bonchev–Trinajstić information content (AvgIpc) is 2.50. The molecule has 0 aliphatic carbocycles. The molecule has 0 aromatic carbocycles. The molecule has 5 nitrogen and oxygen atoms in total. The van der Waals surface area contributed by atoms with Crippen molar-refractivity contribution in [1.82, 2.24) is 0 Å². The summed E-state index contributed by atoms with van der Waals surface area (Å²) < 4.78 is 10.0. The van der Waals surface area contributed by atoms with Gasteiger partial charge in [-0.3, -0.25) is 9.79 Å². The summed E-state index contributed by atoms with van der Waals surface area (Å²) >= 11 is 0. The molecule has 2 atom stereocenters. The third kappa shape index (κ3) is 2.94. The zero-order chi connectivity index (χ0) is 16.9. The number of ether oxygens (including phenoxy) is 2. The summed E-state index contributed by atoms with van der Waals surface area (Å²) in [6.45, 7) is 7.71. The molecule has 5 heteroatoms. The van der Waals surface area contributed by atoms with Crippen LogP contribution in [0.2, 0.25) is 0 Å². The number of hydrogen-bond acceptors (Lipinski definition) is 5. The lowest BCUT2D eigenvalue weighted by atomic mass is 9.63. The minimum atomic E-state index is -0.872. The van der Waals surface area contributed by atoms with Crippen molar-refractivity contribution in [2.24, 2.45) is 16.3 Å². The summed E-state index contributed by atoms with van der Waals surface area (Å²) in [5, 5.41) is 0. The summed E-state index contributed by atoms with van der Waals surface area (Å²) in [5.41, 5.74) is 1.000. The second kappa shape index (κ2) is 7.56. The number of esters is 2. The first kappa shape index (κ1) is 18.4. The Kier molecular flexibility index (Phi) is 6.33. The van der Waals surface area contributed by atoms with Crippen molar-refractivity contribution in [3.8, 4) is 0 Å². The van der Waals surface area contributed by atoms with Gasteiger partial charge >= 0.3 is 11.9 Å². The van der Waals surface area contributed by atoms with Crippen LogP contribution in [0.25, 0.3) is 0 Å². The van der Waals surface area contributed by atoms with Gasteiger partial charge in [-0.25, -0.2) is 4.79 Å². The predicted octanol–water partition coefficient (Wildman–Crippen LogP) is 3.28. The quantitative estimate of drug-likeness (QED) is 0.706. The molecule has 124 valence electrons. The van der Waals surface area contributed by atoms with Gasteiger partial charge in [-0.05, 0) is 26.7 Å². The van der Waals surface area contributed by atoms with Crippen LogP contribution in [-0.4, -0.2) is 31.9 Å². The molecule has 0 fully saturated rings. The molecule has 0 spiro atoms. The molecule has 0 amide bonds. The minimum absolute atomic E-state index is 0.255. The van der Waals surface area contributed by atoms with Gasteiger partial charge in [-0.1, -0.05) is 26.7 Å². The highest BCUT2D eigenvalue weighted by atomic mass is 16.5. The van der Waals surface area contributed by atoms with Crippen LogP contribution in [0.5, 0.6) is 0 Å². The van der Waals surface area contributed by atoms with Crippen molar-refractivity contribution in [1.29, 1.82) is 0 Å². The molecule has 1 aliphatic rings. The highest BCUT2D eigenvalue weighted by Crippen LogP contribution is 2.47. The van der Waals surface area contributed by atoms with Crippen LogP contribution in [0.3, 0.4) is 0 Å². The van der Waals surface area contributed by atoms with Crippen molar-refractivity contribution >= 4 is 17.7 Å². The number of rotatable bonds is 6. The smallest absolute Gasteiger partial charge is 0.335 e. The molecule has 1 heterocycles. The molecule has 0 saturated carbocycles. The summed E-state index contributed by atoms with van der Waals surface area (Å²) in [7, 11) is 2.75. The Morgan fingerprint density at radius 1 is 1.14 bits per heavy atom. The van der Waals surface area contributed by atoms with Crippen molar-refractivity contribution in [3.05, 3.63) is 11.3 Å². The Balaban J connectivity index is 3.57. The molecule has 22 heavy (non-hydrogen) atoms. The number of carbonyl (C=O) groups excluding carboxylic acids is 2. The molecule has 0 aromatic rings. The van der Waals surface area contributed by atoms with E-state index in [1.165, 1.54) is 14.2 Å². The molecule has 2 unspecified atom stereocenters. The van der Waals surface area contributed by atoms with E-state index < -0.39 is 11.4 Å². The first-order valence-corrected chi connectivity index (χ1v) is 7.83. The van der Waals surface area contributed by atoms with Gasteiger partial charge in [-0.2, -0.15) is 0 Å². The van der Waals surface area contributed by atoms with E-state index >= 15 is 0 Å². The Bertz CT molecular complexity index is 507. The largest absolute Gasteiger partial charge is 0.468 e. The third-order valence-corrected chi connectivity index (χ3v) is 4.49. The summed E-state index contributed by atoms with van der Waals surface area (Å²) in [4.78, 5) is 29.4. The maximum Gasteiger partial charge on any atom is 0.335 e. The summed E-state index contributed by atoms with van der Waals surface area (Å²) in [6.07, 6.45) is 2.97. The zero-order valence-electron chi connectivity index (χ0n) is 14.5. The van der Waals surface area contributed by atoms with Gasteiger partial charge in [0.1, 0.15) is 5.41 Å². The van der Waals surface area contributed by atoms with Gasteiger partial charge in [-0.15, -0.1) is 0 Å². The van der Waals surface area contributed by atoms with Gasteiger partial charge in [0, 0.05) is 17.3 Å². The van der Waals surface area contributed by atoms with E-state index in [4.69, 9.17) is 9.47 Å². The van der Waals surface area contributed by atoms with Crippen LogP contribution < -0.4 is 0 Å². The molecule has 0 saturated heterocycles. The topological polar surface area (TPSA) is 65.0 Å². The van der Waals surface area contributed by atoms with Crippen molar-refractivity contribution in [2.75, 3.05) is 14.2 Å². The fourth-order valence-corrected chi connectivity index (χ4v) is 3.57. The fourth-order valence-electron chi connectivity index (χ4n) is 3.57. The van der Waals surface area contributed by atoms with Crippen LogP contribution in [0, 0.1) is 11.3 Å². The molecular formula is C17H27NO4. The van der Waals surface area contributed by atoms with Crippen molar-refractivity contribution in [3.63, 3.8) is 0 Å². The van der Waals surface area contributed by atoms with Crippen molar-refractivity contribution < 1.29 is 19.1 Å². The molecule has 0 aromatic heterocycles. The number of carbonyl (C=O) groups is 2. The Morgan fingerprint density at radius 3 is 2.23 bits per heavy atom. The minimum Gasteiger partial charge on any atom is -0.468 e. The monoisotopic (exact) mass is 309 g/mol. The first-order chi connectivity index (χ1) is 10.4. The van der Waals surface area contributed by atoms with E-state index in [0.29, 0.717) is 24.1 Å². The SMILES string of the molecule is CCCC1C(C(=O)OC)=C(C)N=C(C)C1(CCC)C(=O)OC. The fraction of sp³-hybridized carbons (Fsp3) is 0.706. The van der Waals surface area contributed by atoms with Crippen LogP contribution in [0.4, 0.5) is 0 Å². The number of nitrogens with zero attached hydrogens (tertiary/aromatic N) is 1. The highest BCUT2D eigenvalue weighted by molar-refractivity contribution is 6.09. The second-order valence-electron chi connectivity index (χ2n) is 5.74. The molecular weight excluding hydrogens is 282 g/mol. The zero-order valence-corrected chi connectivity index (χ0v) is 14.5. The number of aliphatic imine (C=N–C) groups is 1. The molecule has 1 aliphatic heterocycles. The van der Waals surface area contributed by atoms with Crippen LogP contribution in [0.1, 0.15) is 53.4 Å². The Labute approximate surface area is 132 Å². The standard InChI is InChI=1S/C17H27NO4/c1-7-9-13-14(15(19)21-5)11(3)18-12(4)17(13,10-8-2)16(20)22-6/h13H,7-10H2,1-6H3. The van der Waals surface area contributed by atoms with Gasteiger partial charge < -0.3 is 9.47 Å². The van der Waals surface area contributed by atoms with Gasteiger partial charge in [0.05, 0.1) is 19.8 Å². The van der Waals surface area contributed by atoms with E-state index in [1.54, 1.807) is 6.92 Å². The second-order valence-corrected chi connectivity index (χ2v) is 5.74. The van der Waals surface area contributed by atoms with Crippen LogP contribution in [-0.2, 0) is 19.1 Å². The number of methoxy groups -OCH3 is 2. The number of allylic oxidation sites excluding steroid dienone is 1. The third-order valence-electron chi connectivity index (χ3n) is 4.49. The molecule has 1 rings (SSSR count). The Morgan fingerprint density at radius 2 is 1.77 bits per heavy atom. The van der Waals surface area contributed by atoms with Gasteiger partial charge in [0.2, 0.25) is 0 Å². The maximum absolute atomic E-state index is 12.7. The van der Waals surface area contributed by atoms with E-state index in [-0.39, 0.29) is 11.9 Å². The van der Waals surface area contributed by atoms with E-state index in [2.05, 4.69) is 4.99 Å². The molecule has 0 radical (unpaired) electrons. The van der Waals surface area contributed by atoms with Crippen LogP contribution >= 0.6 is 0 Å². The first-order valence-electron chi connectivity index (χ1n) is 7.83. The predicted molar refractivity (Wildman–Crippen MR) is 85.6 cm³/mol. The van der Waals surface area contributed by atoms with Crippen LogP contribution in [0.15, 0.2) is 16.3 Å². The van der Waals surface area contributed by atoms with Gasteiger partial charge in [0.25, 0.3) is 0 Å².